The monoisotopic (exact) mass is 282 g/mol. The van der Waals surface area contributed by atoms with Gasteiger partial charge in [-0.05, 0) is 36.6 Å². The van der Waals surface area contributed by atoms with Crippen molar-refractivity contribution in [1.82, 2.24) is 4.31 Å². The molecule has 2 N–H and O–H groups in total. The standard InChI is InChI=1S/C13H18N2O3S/c14-11-2-1-6-15(9-11)19(16,17)12-3-4-13-10(8-12)5-7-18-13/h3-4,8,11H,1-2,5-7,9,14H2. The summed E-state index contributed by atoms with van der Waals surface area (Å²) in [5.41, 5.74) is 6.84. The maximum Gasteiger partial charge on any atom is 0.243 e. The van der Waals surface area contributed by atoms with E-state index in [0.717, 1.165) is 30.6 Å². The smallest absolute Gasteiger partial charge is 0.243 e. The lowest BCUT2D eigenvalue weighted by atomic mass is 10.1. The number of hydrogen-bond donors (Lipinski definition) is 1. The van der Waals surface area contributed by atoms with Crippen molar-refractivity contribution < 1.29 is 13.2 Å². The molecule has 0 aliphatic carbocycles. The second-order valence-corrected chi connectivity index (χ2v) is 7.07. The van der Waals surface area contributed by atoms with Crippen molar-refractivity contribution in [2.75, 3.05) is 19.7 Å². The zero-order valence-corrected chi connectivity index (χ0v) is 11.5. The van der Waals surface area contributed by atoms with Gasteiger partial charge in [0.05, 0.1) is 11.5 Å². The lowest BCUT2D eigenvalue weighted by Crippen LogP contribution is -2.45. The van der Waals surface area contributed by atoms with E-state index in [4.69, 9.17) is 10.5 Å². The van der Waals surface area contributed by atoms with Crippen molar-refractivity contribution in [3.63, 3.8) is 0 Å². The van der Waals surface area contributed by atoms with Crippen LogP contribution in [0, 0.1) is 0 Å². The van der Waals surface area contributed by atoms with E-state index in [9.17, 15) is 8.42 Å². The third kappa shape index (κ3) is 2.35. The fourth-order valence-corrected chi connectivity index (χ4v) is 4.25. The van der Waals surface area contributed by atoms with Gasteiger partial charge in [-0.1, -0.05) is 0 Å². The van der Waals surface area contributed by atoms with Gasteiger partial charge in [0.2, 0.25) is 10.0 Å². The number of benzene rings is 1. The van der Waals surface area contributed by atoms with Crippen LogP contribution in [0.3, 0.4) is 0 Å². The lowest BCUT2D eigenvalue weighted by molar-refractivity contribution is 0.316. The highest BCUT2D eigenvalue weighted by Gasteiger charge is 2.29. The molecule has 0 radical (unpaired) electrons. The van der Waals surface area contributed by atoms with Gasteiger partial charge in [-0.2, -0.15) is 4.31 Å². The largest absolute Gasteiger partial charge is 0.493 e. The number of nitrogens with two attached hydrogens (primary N) is 1. The van der Waals surface area contributed by atoms with Crippen LogP contribution >= 0.6 is 0 Å². The first-order valence-electron chi connectivity index (χ1n) is 6.59. The lowest BCUT2D eigenvalue weighted by Gasteiger charge is -2.29. The van der Waals surface area contributed by atoms with Gasteiger partial charge in [-0.25, -0.2) is 8.42 Å². The fourth-order valence-electron chi connectivity index (χ4n) is 2.66. The summed E-state index contributed by atoms with van der Waals surface area (Å²) in [6, 6.07) is 5.05. The van der Waals surface area contributed by atoms with E-state index in [2.05, 4.69) is 0 Å². The van der Waals surface area contributed by atoms with E-state index in [1.54, 1.807) is 18.2 Å². The van der Waals surface area contributed by atoms with Crippen molar-refractivity contribution in [2.45, 2.75) is 30.2 Å². The molecule has 1 aromatic carbocycles. The molecule has 2 aliphatic heterocycles. The first kappa shape index (κ1) is 12.9. The van der Waals surface area contributed by atoms with Crippen LogP contribution in [0.2, 0.25) is 0 Å². The van der Waals surface area contributed by atoms with Crippen molar-refractivity contribution in [1.29, 1.82) is 0 Å². The summed E-state index contributed by atoms with van der Waals surface area (Å²) in [5.74, 6) is 0.800. The Morgan fingerprint density at radius 3 is 3.00 bits per heavy atom. The Morgan fingerprint density at radius 1 is 1.37 bits per heavy atom. The minimum absolute atomic E-state index is 0.0544. The molecule has 1 fully saturated rings. The van der Waals surface area contributed by atoms with Crippen LogP contribution in [0.5, 0.6) is 5.75 Å². The number of hydrogen-bond acceptors (Lipinski definition) is 4. The SMILES string of the molecule is NC1CCCN(S(=O)(=O)c2ccc3c(c2)CCO3)C1. The van der Waals surface area contributed by atoms with Gasteiger partial charge in [-0.15, -0.1) is 0 Å². The molecule has 2 heterocycles. The molecule has 3 rings (SSSR count). The van der Waals surface area contributed by atoms with Crippen LogP contribution in [-0.4, -0.2) is 38.5 Å². The Balaban J connectivity index is 1.91. The maximum atomic E-state index is 12.6. The highest BCUT2D eigenvalue weighted by Crippen LogP contribution is 2.29. The topological polar surface area (TPSA) is 72.6 Å². The van der Waals surface area contributed by atoms with Crippen LogP contribution in [0.4, 0.5) is 0 Å². The predicted octanol–water partition coefficient (Wildman–Crippen LogP) is 0.733. The molecular weight excluding hydrogens is 264 g/mol. The van der Waals surface area contributed by atoms with E-state index in [1.165, 1.54) is 4.31 Å². The molecule has 104 valence electrons. The minimum Gasteiger partial charge on any atom is -0.493 e. The molecular formula is C13H18N2O3S. The molecule has 0 amide bonds. The first-order chi connectivity index (χ1) is 9.07. The van der Waals surface area contributed by atoms with Crippen molar-refractivity contribution in [3.8, 4) is 5.75 Å². The Bertz CT molecular complexity index is 586. The molecule has 5 nitrogen and oxygen atoms in total. The fraction of sp³-hybridized carbons (Fsp3) is 0.538. The minimum atomic E-state index is -3.42. The van der Waals surface area contributed by atoms with Crippen LogP contribution in [0.1, 0.15) is 18.4 Å². The average Bonchev–Trinajstić information content (AvgIpc) is 2.85. The molecule has 1 atom stereocenters. The van der Waals surface area contributed by atoms with Gasteiger partial charge in [0, 0.05) is 25.6 Å². The number of fused-ring (bicyclic) bond motifs is 1. The number of rotatable bonds is 2. The number of sulfonamides is 1. The van der Waals surface area contributed by atoms with E-state index in [0.29, 0.717) is 24.6 Å². The molecule has 1 saturated heterocycles. The Hall–Kier alpha value is -1.11. The molecule has 1 aromatic rings. The third-order valence-electron chi connectivity index (χ3n) is 3.72. The third-order valence-corrected chi connectivity index (χ3v) is 5.58. The van der Waals surface area contributed by atoms with E-state index in [1.807, 2.05) is 0 Å². The Labute approximate surface area is 113 Å². The quantitative estimate of drug-likeness (QED) is 0.868. The molecule has 1 unspecified atom stereocenters. The number of piperidine rings is 1. The normalized spacial score (nSPS) is 23.9. The average molecular weight is 282 g/mol. The van der Waals surface area contributed by atoms with Gasteiger partial charge >= 0.3 is 0 Å². The number of ether oxygens (including phenoxy) is 1. The molecule has 0 aromatic heterocycles. The summed E-state index contributed by atoms with van der Waals surface area (Å²) >= 11 is 0. The summed E-state index contributed by atoms with van der Waals surface area (Å²) in [5, 5.41) is 0. The van der Waals surface area contributed by atoms with Gasteiger partial charge in [0.25, 0.3) is 0 Å². The van der Waals surface area contributed by atoms with Crippen LogP contribution in [0.15, 0.2) is 23.1 Å². The molecule has 0 bridgehead atoms. The summed E-state index contributed by atoms with van der Waals surface area (Å²) in [6.07, 6.45) is 2.50. The molecule has 6 heteroatoms. The van der Waals surface area contributed by atoms with Gasteiger partial charge < -0.3 is 10.5 Å². The van der Waals surface area contributed by atoms with Crippen LogP contribution in [-0.2, 0) is 16.4 Å². The highest BCUT2D eigenvalue weighted by molar-refractivity contribution is 7.89. The first-order valence-corrected chi connectivity index (χ1v) is 8.03. The van der Waals surface area contributed by atoms with Crippen molar-refractivity contribution in [2.24, 2.45) is 5.73 Å². The summed E-state index contributed by atoms with van der Waals surface area (Å²) in [6.45, 7) is 1.60. The molecule has 0 saturated carbocycles. The zero-order valence-electron chi connectivity index (χ0n) is 10.7. The van der Waals surface area contributed by atoms with E-state index >= 15 is 0 Å². The Morgan fingerprint density at radius 2 is 2.21 bits per heavy atom. The van der Waals surface area contributed by atoms with Crippen molar-refractivity contribution >= 4 is 10.0 Å². The summed E-state index contributed by atoms with van der Waals surface area (Å²) < 4.78 is 32.0. The maximum absolute atomic E-state index is 12.6. The van der Waals surface area contributed by atoms with Crippen molar-refractivity contribution in [3.05, 3.63) is 23.8 Å². The highest BCUT2D eigenvalue weighted by atomic mass is 32.2. The second kappa shape index (κ2) is 4.77. The summed E-state index contributed by atoms with van der Waals surface area (Å²) in [4.78, 5) is 0.353. The Kier molecular flexibility index (Phi) is 3.24. The van der Waals surface area contributed by atoms with Gasteiger partial charge in [0.1, 0.15) is 5.75 Å². The van der Waals surface area contributed by atoms with E-state index in [-0.39, 0.29) is 6.04 Å². The van der Waals surface area contributed by atoms with Gasteiger partial charge in [-0.3, -0.25) is 0 Å². The summed E-state index contributed by atoms with van der Waals surface area (Å²) in [7, 11) is -3.42. The molecule has 19 heavy (non-hydrogen) atoms. The number of nitrogens with zero attached hydrogens (tertiary/aromatic N) is 1. The van der Waals surface area contributed by atoms with Crippen LogP contribution < -0.4 is 10.5 Å². The van der Waals surface area contributed by atoms with Gasteiger partial charge in [0.15, 0.2) is 0 Å². The molecule has 0 spiro atoms. The predicted molar refractivity (Wildman–Crippen MR) is 71.6 cm³/mol. The molecule has 2 aliphatic rings. The zero-order chi connectivity index (χ0) is 13.5. The van der Waals surface area contributed by atoms with Crippen LogP contribution in [0.25, 0.3) is 0 Å². The van der Waals surface area contributed by atoms with E-state index < -0.39 is 10.0 Å². The second-order valence-electron chi connectivity index (χ2n) is 5.13.